The molecule has 1 saturated heterocycles. The van der Waals surface area contributed by atoms with Crippen molar-refractivity contribution in [1.29, 1.82) is 0 Å². The average Bonchev–Trinajstić information content (AvgIpc) is 3.41. The second kappa shape index (κ2) is 13.4. The summed E-state index contributed by atoms with van der Waals surface area (Å²) in [6.07, 6.45) is 6.59. The van der Waals surface area contributed by atoms with Crippen LogP contribution in [0, 0.1) is 0 Å². The maximum absolute atomic E-state index is 13.7. The number of esters is 1. The van der Waals surface area contributed by atoms with E-state index in [1.54, 1.807) is 7.11 Å². The van der Waals surface area contributed by atoms with Crippen molar-refractivity contribution >= 4 is 28.5 Å². The van der Waals surface area contributed by atoms with Crippen LogP contribution in [0.3, 0.4) is 0 Å². The molecule has 1 amide bonds. The molecular weight excluding hydrogens is 538 g/mol. The molecule has 5 rings (SSSR count). The quantitative estimate of drug-likeness (QED) is 0.199. The molecule has 1 atom stereocenters. The zero-order valence-electron chi connectivity index (χ0n) is 25.7. The van der Waals surface area contributed by atoms with Crippen LogP contribution in [0.4, 0.5) is 5.69 Å². The van der Waals surface area contributed by atoms with Gasteiger partial charge in [0.05, 0.1) is 19.6 Å². The molecule has 0 aliphatic carbocycles. The van der Waals surface area contributed by atoms with E-state index in [1.165, 1.54) is 6.42 Å². The number of aromatic amines is 1. The van der Waals surface area contributed by atoms with Crippen LogP contribution in [0.25, 0.3) is 10.9 Å². The summed E-state index contributed by atoms with van der Waals surface area (Å²) < 4.78 is 11.1. The van der Waals surface area contributed by atoms with Crippen molar-refractivity contribution in [3.05, 3.63) is 95.2 Å². The number of nitrogens with zero attached hydrogens (tertiary/aromatic N) is 1. The molecule has 0 saturated carbocycles. The smallest absolute Gasteiger partial charge is 0.306 e. The normalized spacial score (nSPS) is 14.4. The van der Waals surface area contributed by atoms with E-state index < -0.39 is 5.60 Å². The molecule has 0 spiro atoms. The number of piperidine rings is 1. The Balaban J connectivity index is 1.37. The van der Waals surface area contributed by atoms with Crippen LogP contribution in [0.1, 0.15) is 74.8 Å². The first-order valence-corrected chi connectivity index (χ1v) is 15.3. The second-order valence-electron chi connectivity index (χ2n) is 12.3. The van der Waals surface area contributed by atoms with Crippen LogP contribution in [-0.2, 0) is 27.2 Å². The number of nitrogens with one attached hydrogen (secondary N) is 2. The van der Waals surface area contributed by atoms with Crippen molar-refractivity contribution in [2.24, 2.45) is 0 Å². The zero-order chi connectivity index (χ0) is 30.4. The molecule has 3 aromatic carbocycles. The highest BCUT2D eigenvalue weighted by molar-refractivity contribution is 5.87. The third-order valence-electron chi connectivity index (χ3n) is 7.90. The number of hydrogen-bond donors (Lipinski definition) is 2. The monoisotopic (exact) mass is 581 g/mol. The van der Waals surface area contributed by atoms with Gasteiger partial charge in [-0.3, -0.25) is 9.59 Å². The number of aromatic nitrogens is 1. The van der Waals surface area contributed by atoms with Gasteiger partial charge in [0.2, 0.25) is 5.91 Å². The fourth-order valence-electron chi connectivity index (χ4n) is 5.86. The number of ether oxygens (including phenoxy) is 2. The van der Waals surface area contributed by atoms with Crippen LogP contribution in [0.15, 0.2) is 72.9 Å². The number of carbonyl (C=O) groups excluding carboxylic acids is 2. The number of anilines is 1. The van der Waals surface area contributed by atoms with Gasteiger partial charge in [-0.15, -0.1) is 0 Å². The first kappa shape index (κ1) is 30.2. The van der Waals surface area contributed by atoms with Gasteiger partial charge in [-0.2, -0.15) is 0 Å². The molecule has 1 unspecified atom stereocenters. The Bertz CT molecular complexity index is 1550. The Morgan fingerprint density at radius 3 is 2.47 bits per heavy atom. The maximum Gasteiger partial charge on any atom is 0.306 e. The summed E-state index contributed by atoms with van der Waals surface area (Å²) in [4.78, 5) is 31.7. The van der Waals surface area contributed by atoms with E-state index in [4.69, 9.17) is 9.47 Å². The van der Waals surface area contributed by atoms with E-state index in [9.17, 15) is 9.59 Å². The summed E-state index contributed by atoms with van der Waals surface area (Å²) in [7, 11) is 1.69. The van der Waals surface area contributed by atoms with Crippen LogP contribution in [-0.4, -0.2) is 42.7 Å². The Morgan fingerprint density at radius 1 is 0.977 bits per heavy atom. The van der Waals surface area contributed by atoms with Crippen LogP contribution in [0.2, 0.25) is 0 Å². The van der Waals surface area contributed by atoms with E-state index in [2.05, 4.69) is 45.5 Å². The lowest BCUT2D eigenvalue weighted by Gasteiger charge is -2.33. The number of carbonyl (C=O) groups is 2. The van der Waals surface area contributed by atoms with Crippen LogP contribution < -0.4 is 15.0 Å². The molecule has 0 radical (unpaired) electrons. The minimum atomic E-state index is -0.504. The highest BCUT2D eigenvalue weighted by Gasteiger charge is 2.24. The number of amides is 1. The van der Waals surface area contributed by atoms with Gasteiger partial charge in [0.15, 0.2) is 0 Å². The van der Waals surface area contributed by atoms with Gasteiger partial charge in [-0.1, -0.05) is 42.5 Å². The largest absolute Gasteiger partial charge is 0.497 e. The SMILES string of the molecule is COc1ccc(C(NC(=O)Cc2ccc3[nH]cc(CCC(=O)OC(C)(C)C)c3c2)c2ccccc2)c(N2CCCCC2)c1. The molecule has 7 heteroatoms. The standard InChI is InChI=1S/C36H43N3O4/c1-36(2,3)43-34(41)18-14-27-24-37-31-17-13-25(21-30(27)31)22-33(40)38-35(26-11-7-5-8-12-26)29-16-15-28(42-4)23-32(29)39-19-9-6-10-20-39/h5,7-8,11-13,15-17,21,23-24,35,37H,6,9-10,14,18-20,22H2,1-4H3,(H,38,40). The Labute approximate surface area is 254 Å². The zero-order valence-corrected chi connectivity index (χ0v) is 25.7. The van der Waals surface area contributed by atoms with Gasteiger partial charge in [-0.25, -0.2) is 0 Å². The van der Waals surface area contributed by atoms with E-state index in [0.717, 1.165) is 70.5 Å². The predicted octanol–water partition coefficient (Wildman–Crippen LogP) is 6.89. The lowest BCUT2D eigenvalue weighted by atomic mass is 9.95. The molecular formula is C36H43N3O4. The van der Waals surface area contributed by atoms with Gasteiger partial charge < -0.3 is 24.7 Å². The summed E-state index contributed by atoms with van der Waals surface area (Å²) in [6.45, 7) is 7.60. The topological polar surface area (TPSA) is 83.7 Å². The molecule has 1 aliphatic rings. The summed E-state index contributed by atoms with van der Waals surface area (Å²) in [6, 6.07) is 22.0. The molecule has 0 bridgehead atoms. The van der Waals surface area contributed by atoms with Gasteiger partial charge >= 0.3 is 5.97 Å². The third kappa shape index (κ3) is 7.78. The molecule has 7 nitrogen and oxygen atoms in total. The lowest BCUT2D eigenvalue weighted by Crippen LogP contribution is -2.34. The van der Waals surface area contributed by atoms with Gasteiger partial charge in [0, 0.05) is 53.9 Å². The lowest BCUT2D eigenvalue weighted by molar-refractivity contribution is -0.154. The Kier molecular flexibility index (Phi) is 9.39. The van der Waals surface area contributed by atoms with Crippen molar-refractivity contribution in [3.63, 3.8) is 0 Å². The minimum Gasteiger partial charge on any atom is -0.497 e. The minimum absolute atomic E-state index is 0.0561. The van der Waals surface area contributed by atoms with Crippen LogP contribution in [0.5, 0.6) is 5.75 Å². The predicted molar refractivity (Wildman–Crippen MR) is 172 cm³/mol. The van der Waals surface area contributed by atoms with E-state index >= 15 is 0 Å². The molecule has 1 fully saturated rings. The molecule has 43 heavy (non-hydrogen) atoms. The average molecular weight is 582 g/mol. The van der Waals surface area contributed by atoms with Gasteiger partial charge in [-0.05, 0) is 81.3 Å². The third-order valence-corrected chi connectivity index (χ3v) is 7.90. The first-order chi connectivity index (χ1) is 20.7. The van der Waals surface area contributed by atoms with Crippen molar-refractivity contribution in [2.75, 3.05) is 25.1 Å². The van der Waals surface area contributed by atoms with Crippen molar-refractivity contribution < 1.29 is 19.1 Å². The Hall–Kier alpha value is -4.26. The molecule has 226 valence electrons. The fraction of sp³-hybridized carbons (Fsp3) is 0.389. The molecule has 4 aromatic rings. The molecule has 1 aromatic heterocycles. The number of aryl methyl sites for hydroxylation is 1. The van der Waals surface area contributed by atoms with E-state index in [1.807, 2.05) is 63.4 Å². The highest BCUT2D eigenvalue weighted by atomic mass is 16.6. The summed E-state index contributed by atoms with van der Waals surface area (Å²) in [5.74, 6) is 0.538. The van der Waals surface area contributed by atoms with Crippen molar-refractivity contribution in [2.45, 2.75) is 70.9 Å². The van der Waals surface area contributed by atoms with Crippen molar-refractivity contribution in [3.8, 4) is 5.75 Å². The number of methoxy groups -OCH3 is 1. The second-order valence-corrected chi connectivity index (χ2v) is 12.3. The Morgan fingerprint density at radius 2 is 1.74 bits per heavy atom. The van der Waals surface area contributed by atoms with E-state index in [-0.39, 0.29) is 24.3 Å². The number of benzene rings is 3. The van der Waals surface area contributed by atoms with Gasteiger partial charge in [0.25, 0.3) is 0 Å². The number of rotatable bonds is 10. The first-order valence-electron chi connectivity index (χ1n) is 15.3. The number of fused-ring (bicyclic) bond motifs is 1. The van der Waals surface area contributed by atoms with Crippen LogP contribution >= 0.6 is 0 Å². The number of H-pyrrole nitrogens is 1. The molecule has 1 aliphatic heterocycles. The molecule has 2 N–H and O–H groups in total. The highest BCUT2D eigenvalue weighted by Crippen LogP contribution is 2.35. The fourth-order valence-corrected chi connectivity index (χ4v) is 5.86. The summed E-state index contributed by atoms with van der Waals surface area (Å²) in [5, 5.41) is 4.38. The van der Waals surface area contributed by atoms with E-state index in [0.29, 0.717) is 12.8 Å². The molecule has 2 heterocycles. The maximum atomic E-state index is 13.7. The van der Waals surface area contributed by atoms with Gasteiger partial charge in [0.1, 0.15) is 11.4 Å². The summed E-state index contributed by atoms with van der Waals surface area (Å²) in [5.41, 5.74) is 5.63. The summed E-state index contributed by atoms with van der Waals surface area (Å²) >= 11 is 0. The van der Waals surface area contributed by atoms with Crippen molar-refractivity contribution in [1.82, 2.24) is 10.3 Å². The number of hydrogen-bond acceptors (Lipinski definition) is 5.